The van der Waals surface area contributed by atoms with E-state index in [4.69, 9.17) is 4.74 Å². The summed E-state index contributed by atoms with van der Waals surface area (Å²) in [4.78, 5) is 8.32. The van der Waals surface area contributed by atoms with E-state index in [1.54, 1.807) is 0 Å². The summed E-state index contributed by atoms with van der Waals surface area (Å²) in [7, 11) is 2.03. The number of morpholine rings is 1. The van der Waals surface area contributed by atoms with E-state index in [2.05, 4.69) is 44.2 Å². The van der Waals surface area contributed by atoms with E-state index in [9.17, 15) is 0 Å². The number of hydrogen-bond acceptors (Lipinski definition) is 5. The number of hydrogen-bond donors (Lipinski definition) is 1. The number of thiophene rings is 1. The molecule has 0 amide bonds. The number of nitrogens with one attached hydrogen (secondary N) is 1. The first-order valence-electron chi connectivity index (χ1n) is 7.80. The Morgan fingerprint density at radius 2 is 2.45 bits per heavy atom. The predicted octanol–water partition coefficient (Wildman–Crippen LogP) is 2.03. The zero-order chi connectivity index (χ0) is 15.4. The molecule has 3 rings (SSSR count). The van der Waals surface area contributed by atoms with Gasteiger partial charge < -0.3 is 14.6 Å². The van der Waals surface area contributed by atoms with Crippen molar-refractivity contribution in [2.75, 3.05) is 26.2 Å². The van der Waals surface area contributed by atoms with Crippen LogP contribution in [0.2, 0.25) is 0 Å². The quantitative estimate of drug-likeness (QED) is 0.884. The van der Waals surface area contributed by atoms with E-state index in [0.29, 0.717) is 12.1 Å². The first-order chi connectivity index (χ1) is 10.7. The minimum atomic E-state index is 0.311. The van der Waals surface area contributed by atoms with Gasteiger partial charge in [-0.25, -0.2) is 4.98 Å². The van der Waals surface area contributed by atoms with Gasteiger partial charge in [-0.15, -0.1) is 11.3 Å². The fourth-order valence-corrected chi connectivity index (χ4v) is 3.77. The molecule has 0 aromatic carbocycles. The fraction of sp³-hybridized carbons (Fsp3) is 0.562. The van der Waals surface area contributed by atoms with Gasteiger partial charge in [-0.3, -0.25) is 4.90 Å². The molecule has 2 atom stereocenters. The Morgan fingerprint density at radius 1 is 1.55 bits per heavy atom. The smallest absolute Gasteiger partial charge is 0.122 e. The van der Waals surface area contributed by atoms with Gasteiger partial charge >= 0.3 is 0 Å². The molecule has 0 spiro atoms. The van der Waals surface area contributed by atoms with Crippen molar-refractivity contribution in [2.24, 2.45) is 7.05 Å². The van der Waals surface area contributed by atoms with Crippen molar-refractivity contribution in [3.05, 3.63) is 40.6 Å². The topological polar surface area (TPSA) is 42.3 Å². The maximum Gasteiger partial charge on any atom is 0.122 e. The zero-order valence-electron chi connectivity index (χ0n) is 13.2. The van der Waals surface area contributed by atoms with E-state index in [1.807, 2.05) is 30.8 Å². The molecule has 1 fully saturated rings. The summed E-state index contributed by atoms with van der Waals surface area (Å²) in [5.41, 5.74) is 0. The summed E-state index contributed by atoms with van der Waals surface area (Å²) in [6.07, 6.45) is 4.14. The largest absolute Gasteiger partial charge is 0.376 e. The second-order valence-corrected chi connectivity index (χ2v) is 6.77. The van der Waals surface area contributed by atoms with Gasteiger partial charge in [0.2, 0.25) is 0 Å². The van der Waals surface area contributed by atoms with Crippen molar-refractivity contribution in [3.8, 4) is 0 Å². The number of aromatic nitrogens is 2. The van der Waals surface area contributed by atoms with Gasteiger partial charge in [0.25, 0.3) is 0 Å². The molecule has 120 valence electrons. The normalized spacial score (nSPS) is 21.1. The van der Waals surface area contributed by atoms with Gasteiger partial charge in [-0.05, 0) is 18.4 Å². The van der Waals surface area contributed by atoms with Crippen molar-refractivity contribution < 1.29 is 4.74 Å². The van der Waals surface area contributed by atoms with Crippen LogP contribution in [-0.2, 0) is 18.3 Å². The molecule has 0 bridgehead atoms. The molecule has 0 radical (unpaired) electrons. The van der Waals surface area contributed by atoms with E-state index in [-0.39, 0.29) is 0 Å². The molecule has 0 unspecified atom stereocenters. The summed E-state index contributed by atoms with van der Waals surface area (Å²) in [6, 6.07) is 4.78. The van der Waals surface area contributed by atoms with Crippen molar-refractivity contribution in [3.63, 3.8) is 0 Å². The summed E-state index contributed by atoms with van der Waals surface area (Å²) in [5.74, 6) is 1.07. The molecule has 5 nitrogen and oxygen atoms in total. The molecule has 2 aromatic rings. The Morgan fingerprint density at radius 3 is 3.14 bits per heavy atom. The van der Waals surface area contributed by atoms with Crippen LogP contribution in [0.25, 0.3) is 0 Å². The first-order valence-corrected chi connectivity index (χ1v) is 8.68. The number of rotatable bonds is 6. The molecule has 1 aliphatic rings. The third kappa shape index (κ3) is 3.76. The molecule has 1 saturated heterocycles. The molecular weight excluding hydrogens is 296 g/mol. The first kappa shape index (κ1) is 15.7. The Bertz CT molecular complexity index is 568. The Labute approximate surface area is 135 Å². The Kier molecular flexibility index (Phi) is 5.25. The van der Waals surface area contributed by atoms with Crippen LogP contribution in [-0.4, -0.2) is 46.8 Å². The maximum absolute atomic E-state index is 5.68. The molecule has 1 N–H and O–H groups in total. The summed E-state index contributed by atoms with van der Waals surface area (Å²) < 4.78 is 7.74. The molecule has 6 heteroatoms. The molecule has 22 heavy (non-hydrogen) atoms. The van der Waals surface area contributed by atoms with E-state index in [1.165, 1.54) is 4.88 Å². The third-order valence-corrected chi connectivity index (χ3v) is 5.10. The lowest BCUT2D eigenvalue weighted by atomic mass is 10.1. The van der Waals surface area contributed by atoms with Crippen LogP contribution in [0.4, 0.5) is 0 Å². The van der Waals surface area contributed by atoms with Crippen molar-refractivity contribution in [1.29, 1.82) is 0 Å². The van der Waals surface area contributed by atoms with Crippen molar-refractivity contribution >= 4 is 11.3 Å². The average Bonchev–Trinajstić information content (AvgIpc) is 3.16. The van der Waals surface area contributed by atoms with Crippen LogP contribution in [0, 0.1) is 0 Å². The average molecular weight is 320 g/mol. The van der Waals surface area contributed by atoms with Crippen LogP contribution >= 0.6 is 11.3 Å². The number of aryl methyl sites for hydroxylation is 1. The molecule has 0 aliphatic carbocycles. The second-order valence-electron chi connectivity index (χ2n) is 5.79. The van der Waals surface area contributed by atoms with Gasteiger partial charge in [0.15, 0.2) is 0 Å². The number of nitrogens with zero attached hydrogens (tertiary/aromatic N) is 3. The second kappa shape index (κ2) is 7.37. The van der Waals surface area contributed by atoms with E-state index in [0.717, 1.165) is 38.6 Å². The molecule has 1 aliphatic heterocycles. The fourth-order valence-electron chi connectivity index (χ4n) is 2.91. The van der Waals surface area contributed by atoms with Gasteiger partial charge in [0.05, 0.1) is 25.3 Å². The lowest BCUT2D eigenvalue weighted by Crippen LogP contribution is -2.45. The minimum absolute atomic E-state index is 0.311. The van der Waals surface area contributed by atoms with Crippen LogP contribution in [0.15, 0.2) is 29.9 Å². The predicted molar refractivity (Wildman–Crippen MR) is 89.0 cm³/mol. The van der Waals surface area contributed by atoms with E-state index < -0.39 is 0 Å². The highest BCUT2D eigenvalue weighted by molar-refractivity contribution is 7.10. The monoisotopic (exact) mass is 320 g/mol. The molecular formula is C16H24N4OS. The standard InChI is InChI=1S/C16H24N4OS/c1-13-12-20(7-8-21-13)14(15-4-3-9-22-15)10-17-11-16-18-5-6-19(16)2/h3-6,9,13-14,17H,7-8,10-12H2,1-2H3/t13-,14-/m0/s1. The summed E-state index contributed by atoms with van der Waals surface area (Å²) in [6.45, 7) is 6.69. The van der Waals surface area contributed by atoms with Gasteiger partial charge in [0.1, 0.15) is 5.82 Å². The highest BCUT2D eigenvalue weighted by Gasteiger charge is 2.26. The zero-order valence-corrected chi connectivity index (χ0v) is 14.1. The SMILES string of the molecule is C[C@H]1CN([C@@H](CNCc2nccn2C)c2cccs2)CCO1. The Hall–Kier alpha value is -1.21. The third-order valence-electron chi connectivity index (χ3n) is 4.13. The molecule has 3 heterocycles. The van der Waals surface area contributed by atoms with Gasteiger partial charge in [-0.1, -0.05) is 6.07 Å². The summed E-state index contributed by atoms with van der Waals surface area (Å²) >= 11 is 1.83. The lowest BCUT2D eigenvalue weighted by Gasteiger charge is -2.37. The van der Waals surface area contributed by atoms with Gasteiger partial charge in [-0.2, -0.15) is 0 Å². The highest BCUT2D eigenvalue weighted by Crippen LogP contribution is 2.26. The summed E-state index contributed by atoms with van der Waals surface area (Å²) in [5, 5.41) is 5.73. The minimum Gasteiger partial charge on any atom is -0.376 e. The Balaban J connectivity index is 1.63. The maximum atomic E-state index is 5.68. The molecule has 2 aromatic heterocycles. The highest BCUT2D eigenvalue weighted by atomic mass is 32.1. The van der Waals surface area contributed by atoms with E-state index >= 15 is 0 Å². The van der Waals surface area contributed by atoms with Crippen molar-refractivity contribution in [2.45, 2.75) is 25.6 Å². The number of ether oxygens (including phenoxy) is 1. The van der Waals surface area contributed by atoms with Crippen LogP contribution in [0.3, 0.4) is 0 Å². The lowest BCUT2D eigenvalue weighted by molar-refractivity contribution is -0.0340. The van der Waals surface area contributed by atoms with Gasteiger partial charge in [0, 0.05) is 44.0 Å². The molecule has 0 saturated carbocycles. The van der Waals surface area contributed by atoms with Crippen LogP contribution in [0.5, 0.6) is 0 Å². The van der Waals surface area contributed by atoms with Crippen molar-refractivity contribution in [1.82, 2.24) is 19.8 Å². The number of imidazole rings is 1. The van der Waals surface area contributed by atoms with Crippen LogP contribution < -0.4 is 5.32 Å². The van der Waals surface area contributed by atoms with Crippen LogP contribution in [0.1, 0.15) is 23.7 Å².